The highest BCUT2D eigenvalue weighted by Crippen LogP contribution is 2.53. The van der Waals surface area contributed by atoms with Gasteiger partial charge >= 0.3 is 0 Å². The maximum absolute atomic E-state index is 13.3. The molecule has 32 heavy (non-hydrogen) atoms. The standard InChI is InChI=1S/C26H37N3O3/c1-2-32-21-7-5-16(6-8-21)15-22(27)26(31)29-9-3-4-23(29)25(30)28-24-19-11-17-10-18(13-19)14-20(24)12-17/h5-8,17-20,22-24H,2-4,9-15,27H2,1H3,(H,28,30)/t17?,18?,19?,20?,22-,23?,24?/m0/s1. The molecule has 4 aliphatic carbocycles. The van der Waals surface area contributed by atoms with E-state index < -0.39 is 6.04 Å². The van der Waals surface area contributed by atoms with E-state index in [1.165, 1.54) is 32.1 Å². The van der Waals surface area contributed by atoms with E-state index in [0.717, 1.165) is 36.0 Å². The monoisotopic (exact) mass is 439 g/mol. The van der Waals surface area contributed by atoms with Crippen LogP contribution >= 0.6 is 0 Å². The lowest BCUT2D eigenvalue weighted by Crippen LogP contribution is -2.59. The SMILES string of the molecule is CCOc1ccc(C[C@H](N)C(=O)N2CCCC2C(=O)NC2C3CC4CC(C3)CC2C4)cc1. The molecule has 1 saturated heterocycles. The van der Waals surface area contributed by atoms with Crippen molar-refractivity contribution in [3.8, 4) is 5.75 Å². The normalized spacial score (nSPS) is 33.9. The first-order valence-corrected chi connectivity index (χ1v) is 12.6. The van der Waals surface area contributed by atoms with Crippen molar-refractivity contribution >= 4 is 11.8 Å². The summed E-state index contributed by atoms with van der Waals surface area (Å²) in [5, 5.41) is 3.41. The molecule has 1 unspecified atom stereocenters. The number of nitrogens with one attached hydrogen (secondary N) is 1. The molecule has 1 aromatic carbocycles. The van der Waals surface area contributed by atoms with Gasteiger partial charge in [-0.25, -0.2) is 0 Å². The molecule has 3 N–H and O–H groups in total. The number of hydrogen-bond acceptors (Lipinski definition) is 4. The minimum Gasteiger partial charge on any atom is -0.494 e. The summed E-state index contributed by atoms with van der Waals surface area (Å²) in [5.41, 5.74) is 7.32. The summed E-state index contributed by atoms with van der Waals surface area (Å²) in [5.74, 6) is 3.80. The maximum Gasteiger partial charge on any atom is 0.243 e. The molecule has 2 amide bonds. The number of likely N-dealkylation sites (tertiary alicyclic amines) is 1. The largest absolute Gasteiger partial charge is 0.494 e. The Bertz CT molecular complexity index is 811. The summed E-state index contributed by atoms with van der Waals surface area (Å²) in [6, 6.07) is 7.04. The van der Waals surface area contributed by atoms with Crippen molar-refractivity contribution in [1.82, 2.24) is 10.2 Å². The first-order valence-electron chi connectivity index (χ1n) is 12.6. The molecule has 5 fully saturated rings. The van der Waals surface area contributed by atoms with Gasteiger partial charge in [0, 0.05) is 12.6 Å². The third-order valence-electron chi connectivity index (χ3n) is 8.38. The number of nitrogens with two attached hydrogens (primary N) is 1. The van der Waals surface area contributed by atoms with Crippen LogP contribution in [0.3, 0.4) is 0 Å². The van der Waals surface area contributed by atoms with Crippen molar-refractivity contribution in [1.29, 1.82) is 0 Å². The predicted molar refractivity (Wildman–Crippen MR) is 123 cm³/mol. The summed E-state index contributed by atoms with van der Waals surface area (Å²) in [6.45, 7) is 3.20. The Morgan fingerprint density at radius 3 is 2.38 bits per heavy atom. The lowest BCUT2D eigenvalue weighted by atomic mass is 9.54. The number of rotatable bonds is 7. The first-order chi connectivity index (χ1) is 15.5. The van der Waals surface area contributed by atoms with E-state index in [-0.39, 0.29) is 17.9 Å². The second-order valence-electron chi connectivity index (χ2n) is 10.5. The van der Waals surface area contributed by atoms with E-state index >= 15 is 0 Å². The maximum atomic E-state index is 13.3. The zero-order valence-electron chi connectivity index (χ0n) is 19.2. The van der Waals surface area contributed by atoms with E-state index in [2.05, 4.69) is 5.32 Å². The van der Waals surface area contributed by atoms with Crippen LogP contribution in [0.5, 0.6) is 5.75 Å². The fourth-order valence-electron chi connectivity index (χ4n) is 7.17. The molecule has 5 aliphatic rings. The molecule has 0 spiro atoms. The van der Waals surface area contributed by atoms with E-state index in [9.17, 15) is 9.59 Å². The molecular formula is C26H37N3O3. The van der Waals surface area contributed by atoms with Crippen molar-refractivity contribution in [3.63, 3.8) is 0 Å². The van der Waals surface area contributed by atoms with Gasteiger partial charge in [0.15, 0.2) is 0 Å². The molecule has 4 bridgehead atoms. The zero-order valence-corrected chi connectivity index (χ0v) is 19.2. The van der Waals surface area contributed by atoms with Gasteiger partial charge in [-0.1, -0.05) is 12.1 Å². The average molecular weight is 440 g/mol. The van der Waals surface area contributed by atoms with Crippen LogP contribution in [0.2, 0.25) is 0 Å². The quantitative estimate of drug-likeness (QED) is 0.684. The second-order valence-corrected chi connectivity index (χ2v) is 10.5. The number of benzene rings is 1. The van der Waals surface area contributed by atoms with Crippen molar-refractivity contribution in [2.45, 2.75) is 76.4 Å². The molecule has 174 valence electrons. The van der Waals surface area contributed by atoms with Gasteiger partial charge in [0.25, 0.3) is 0 Å². The summed E-state index contributed by atoms with van der Waals surface area (Å²) >= 11 is 0. The highest BCUT2D eigenvalue weighted by Gasteiger charge is 2.49. The number of nitrogens with zero attached hydrogens (tertiary/aromatic N) is 1. The summed E-state index contributed by atoms with van der Waals surface area (Å²) in [7, 11) is 0. The molecule has 1 heterocycles. The van der Waals surface area contributed by atoms with Gasteiger partial charge in [0.1, 0.15) is 11.8 Å². The molecular weight excluding hydrogens is 402 g/mol. The number of carbonyl (C=O) groups is 2. The second kappa shape index (κ2) is 9.05. The summed E-state index contributed by atoms with van der Waals surface area (Å²) in [4.78, 5) is 28.2. The third-order valence-corrected chi connectivity index (χ3v) is 8.38. The fraction of sp³-hybridized carbons (Fsp3) is 0.692. The topological polar surface area (TPSA) is 84.7 Å². The van der Waals surface area contributed by atoms with E-state index in [4.69, 9.17) is 10.5 Å². The van der Waals surface area contributed by atoms with Crippen LogP contribution < -0.4 is 15.8 Å². The van der Waals surface area contributed by atoms with Gasteiger partial charge in [0.2, 0.25) is 11.8 Å². The van der Waals surface area contributed by atoms with Crippen molar-refractivity contribution < 1.29 is 14.3 Å². The van der Waals surface area contributed by atoms with Gasteiger partial charge in [-0.15, -0.1) is 0 Å². The Kier molecular flexibility index (Phi) is 6.15. The minimum absolute atomic E-state index is 0.0431. The van der Waals surface area contributed by atoms with Gasteiger partial charge < -0.3 is 20.7 Å². The number of carbonyl (C=O) groups excluding carboxylic acids is 2. The molecule has 6 nitrogen and oxygen atoms in total. The van der Waals surface area contributed by atoms with Crippen LogP contribution in [-0.2, 0) is 16.0 Å². The Morgan fingerprint density at radius 2 is 1.75 bits per heavy atom. The number of amides is 2. The number of hydrogen-bond donors (Lipinski definition) is 2. The lowest BCUT2D eigenvalue weighted by Gasteiger charge is -2.54. The Labute approximate surface area is 191 Å². The van der Waals surface area contributed by atoms with Gasteiger partial charge in [-0.2, -0.15) is 0 Å². The number of ether oxygens (including phenoxy) is 1. The predicted octanol–water partition coefficient (Wildman–Crippen LogP) is 2.89. The van der Waals surface area contributed by atoms with E-state index in [1.807, 2.05) is 31.2 Å². The summed E-state index contributed by atoms with van der Waals surface area (Å²) in [6.07, 6.45) is 8.57. The van der Waals surface area contributed by atoms with Crippen LogP contribution in [0.15, 0.2) is 24.3 Å². The molecule has 6 heteroatoms. The molecule has 2 atom stereocenters. The molecule has 6 rings (SSSR count). The zero-order chi connectivity index (χ0) is 22.2. The van der Waals surface area contributed by atoms with Crippen LogP contribution in [0.1, 0.15) is 57.4 Å². The molecule has 1 aromatic rings. The van der Waals surface area contributed by atoms with Crippen LogP contribution in [0.25, 0.3) is 0 Å². The van der Waals surface area contributed by atoms with E-state index in [1.54, 1.807) is 4.90 Å². The minimum atomic E-state index is -0.637. The Morgan fingerprint density at radius 1 is 1.09 bits per heavy atom. The lowest BCUT2D eigenvalue weighted by molar-refractivity contribution is -0.140. The van der Waals surface area contributed by atoms with Gasteiger partial charge in [-0.3, -0.25) is 9.59 Å². The molecule has 0 aromatic heterocycles. The summed E-state index contributed by atoms with van der Waals surface area (Å²) < 4.78 is 5.48. The van der Waals surface area contributed by atoms with E-state index in [0.29, 0.717) is 37.5 Å². The van der Waals surface area contributed by atoms with Crippen LogP contribution in [-0.4, -0.2) is 48.0 Å². The van der Waals surface area contributed by atoms with Gasteiger partial charge in [0.05, 0.1) is 12.6 Å². The molecule has 1 aliphatic heterocycles. The molecule has 4 saturated carbocycles. The first kappa shape index (κ1) is 21.7. The third kappa shape index (κ3) is 4.26. The van der Waals surface area contributed by atoms with Crippen LogP contribution in [0, 0.1) is 23.7 Å². The fourth-order valence-corrected chi connectivity index (χ4v) is 7.17. The van der Waals surface area contributed by atoms with Crippen molar-refractivity contribution in [2.75, 3.05) is 13.2 Å². The highest BCUT2D eigenvalue weighted by atomic mass is 16.5. The molecule has 0 radical (unpaired) electrons. The van der Waals surface area contributed by atoms with Crippen molar-refractivity contribution in [3.05, 3.63) is 29.8 Å². The smallest absolute Gasteiger partial charge is 0.243 e. The Balaban J connectivity index is 1.19. The average Bonchev–Trinajstić information content (AvgIpc) is 3.26. The Hall–Kier alpha value is -2.08. The van der Waals surface area contributed by atoms with Crippen LogP contribution in [0.4, 0.5) is 0 Å². The highest BCUT2D eigenvalue weighted by molar-refractivity contribution is 5.90. The van der Waals surface area contributed by atoms with Gasteiger partial charge in [-0.05, 0) is 99.7 Å². The van der Waals surface area contributed by atoms with Crippen molar-refractivity contribution in [2.24, 2.45) is 29.4 Å².